The van der Waals surface area contributed by atoms with Gasteiger partial charge < -0.3 is 9.74 Å². The molecule has 5 nitrogen and oxygen atoms in total. The topological polar surface area (TPSA) is 64.1 Å². The maximum absolute atomic E-state index is 12.1. The number of carbonyl (C=O) groups excluding carboxylic acids is 1. The molecule has 1 aromatic rings. The molecule has 1 aliphatic heterocycles. The van der Waals surface area contributed by atoms with Gasteiger partial charge >= 0.3 is 0 Å². The highest BCUT2D eigenvalue weighted by Crippen LogP contribution is 2.45. The van der Waals surface area contributed by atoms with E-state index in [0.717, 1.165) is 0 Å². The average molecular weight is 321 g/mol. The molecule has 0 unspecified atom stereocenters. The molecular formula is C16H27N3O2Si. The van der Waals surface area contributed by atoms with E-state index in [9.17, 15) is 4.79 Å². The monoisotopic (exact) mass is 321 g/mol. The molecule has 1 N–H and O–H groups in total. The lowest BCUT2D eigenvalue weighted by Crippen LogP contribution is -2.63. The molecular weight excluding hydrogens is 294 g/mol. The Morgan fingerprint density at radius 2 is 1.55 bits per heavy atom. The van der Waals surface area contributed by atoms with Crippen LogP contribution in [-0.2, 0) is 9.22 Å². The summed E-state index contributed by atoms with van der Waals surface area (Å²) >= 11 is 0. The average Bonchev–Trinajstić information content (AvgIpc) is 2.45. The van der Waals surface area contributed by atoms with Crippen LogP contribution in [0, 0.1) is 0 Å². The van der Waals surface area contributed by atoms with E-state index in [1.54, 1.807) is 18.5 Å². The third kappa shape index (κ3) is 2.81. The van der Waals surface area contributed by atoms with Crippen molar-refractivity contribution in [3.05, 3.63) is 24.3 Å². The Morgan fingerprint density at radius 1 is 1.05 bits per heavy atom. The van der Waals surface area contributed by atoms with Crippen LogP contribution in [0.3, 0.4) is 0 Å². The van der Waals surface area contributed by atoms with Crippen molar-refractivity contribution in [3.63, 3.8) is 0 Å². The van der Waals surface area contributed by atoms with Gasteiger partial charge in [-0.15, -0.1) is 0 Å². The Balaban J connectivity index is 2.27. The largest absolute Gasteiger partial charge is 0.402 e. The van der Waals surface area contributed by atoms with E-state index in [0.29, 0.717) is 22.4 Å². The molecule has 0 saturated carbocycles. The van der Waals surface area contributed by atoms with Gasteiger partial charge in [0, 0.05) is 12.4 Å². The van der Waals surface area contributed by atoms with Gasteiger partial charge in [-0.25, -0.2) is 9.97 Å². The van der Waals surface area contributed by atoms with Crippen molar-refractivity contribution in [3.8, 4) is 0 Å². The first-order valence-corrected chi connectivity index (χ1v) is 10.2. The minimum atomic E-state index is -2.09. The van der Waals surface area contributed by atoms with Gasteiger partial charge in [-0.3, -0.25) is 4.79 Å². The summed E-state index contributed by atoms with van der Waals surface area (Å²) in [5, 5.41) is 2.88. The third-order valence-corrected chi connectivity index (χ3v) is 10.8. The first kappa shape index (κ1) is 17.1. The quantitative estimate of drug-likeness (QED) is 0.645. The number of amides is 1. The molecule has 0 bridgehead atoms. The first-order valence-electron chi connectivity index (χ1n) is 8.05. The Bertz CT molecular complexity index is 498. The van der Waals surface area contributed by atoms with Crippen LogP contribution in [0.1, 0.15) is 53.4 Å². The molecule has 0 aromatic carbocycles. The van der Waals surface area contributed by atoms with Crippen molar-refractivity contribution >= 4 is 14.2 Å². The molecule has 2 atom stereocenters. The summed E-state index contributed by atoms with van der Waals surface area (Å²) in [5.41, 5.74) is 1.33. The number of aromatic nitrogens is 2. The molecule has 1 amide bonds. The highest BCUT2D eigenvalue weighted by molar-refractivity contribution is 6.77. The summed E-state index contributed by atoms with van der Waals surface area (Å²) in [5.74, 6) is 0.586. The van der Waals surface area contributed by atoms with E-state index in [1.807, 2.05) is 0 Å². The summed E-state index contributed by atoms with van der Waals surface area (Å²) in [6.07, 6.45) is 2.94. The fraction of sp³-hybridized carbons (Fsp3) is 0.688. The van der Waals surface area contributed by atoms with Crippen molar-refractivity contribution in [2.45, 2.75) is 70.3 Å². The van der Waals surface area contributed by atoms with Crippen LogP contribution in [0.4, 0.5) is 0 Å². The van der Waals surface area contributed by atoms with Gasteiger partial charge in [0.15, 0.2) is 11.9 Å². The molecule has 2 rings (SSSR count). The summed E-state index contributed by atoms with van der Waals surface area (Å²) in [6.45, 7) is 13.3. The van der Waals surface area contributed by atoms with Gasteiger partial charge in [-0.1, -0.05) is 41.5 Å². The summed E-state index contributed by atoms with van der Waals surface area (Å²) < 4.78 is 6.58. The van der Waals surface area contributed by atoms with Crippen molar-refractivity contribution in [1.82, 2.24) is 15.3 Å². The van der Waals surface area contributed by atoms with Crippen LogP contribution in [0.15, 0.2) is 18.5 Å². The van der Waals surface area contributed by atoms with Crippen LogP contribution >= 0.6 is 0 Å². The van der Waals surface area contributed by atoms with Crippen LogP contribution in [0.25, 0.3) is 0 Å². The van der Waals surface area contributed by atoms with Crippen molar-refractivity contribution in [2.75, 3.05) is 0 Å². The molecule has 1 aliphatic rings. The van der Waals surface area contributed by atoms with Gasteiger partial charge in [0.25, 0.3) is 5.91 Å². The molecule has 0 radical (unpaired) electrons. The lowest BCUT2D eigenvalue weighted by Gasteiger charge is -2.48. The summed E-state index contributed by atoms with van der Waals surface area (Å²) in [4.78, 5) is 20.6. The second-order valence-electron chi connectivity index (χ2n) is 6.95. The maximum atomic E-state index is 12.1. The van der Waals surface area contributed by atoms with Crippen molar-refractivity contribution in [2.24, 2.45) is 0 Å². The van der Waals surface area contributed by atoms with Crippen molar-refractivity contribution in [1.29, 1.82) is 0 Å². The second-order valence-corrected chi connectivity index (χ2v) is 12.4. The van der Waals surface area contributed by atoms with Crippen LogP contribution in [0.2, 0.25) is 16.6 Å². The number of hydrogen-bond donors (Lipinski definition) is 1. The zero-order valence-electron chi connectivity index (χ0n) is 14.3. The smallest absolute Gasteiger partial charge is 0.251 e. The summed E-state index contributed by atoms with van der Waals surface area (Å²) in [6, 6.07) is 1.55. The molecule has 1 fully saturated rings. The minimum absolute atomic E-state index is 0.0451. The van der Waals surface area contributed by atoms with E-state index in [1.165, 1.54) is 0 Å². The number of carbonyl (C=O) groups is 1. The van der Waals surface area contributed by atoms with E-state index in [4.69, 9.17) is 4.43 Å². The zero-order chi connectivity index (χ0) is 16.5. The van der Waals surface area contributed by atoms with Gasteiger partial charge in [0.05, 0.1) is 0 Å². The zero-order valence-corrected chi connectivity index (χ0v) is 15.3. The number of rotatable bonds is 6. The van der Waals surface area contributed by atoms with Gasteiger partial charge in [-0.05, 0) is 22.7 Å². The maximum Gasteiger partial charge on any atom is 0.251 e. The molecule has 0 spiro atoms. The van der Waals surface area contributed by atoms with E-state index >= 15 is 0 Å². The van der Waals surface area contributed by atoms with E-state index in [2.05, 4.69) is 56.8 Å². The lowest BCUT2D eigenvalue weighted by atomic mass is 10.0. The number of β-lactam (4-membered cyclic amide) rings is 1. The molecule has 122 valence electrons. The normalized spacial score (nSPS) is 22.1. The molecule has 0 aliphatic carbocycles. The fourth-order valence-corrected chi connectivity index (χ4v) is 9.29. The number of nitrogens with zero attached hydrogens (tertiary/aromatic N) is 2. The predicted octanol–water partition coefficient (Wildman–Crippen LogP) is 3.21. The predicted molar refractivity (Wildman–Crippen MR) is 88.8 cm³/mol. The Labute approximate surface area is 134 Å². The SMILES string of the molecule is CC(C)[Si](O[C@@H]1C(=O)N[C@@H]1c1ncccn1)(C(C)C)C(C)C. The van der Waals surface area contributed by atoms with Crippen LogP contribution in [-0.4, -0.2) is 30.3 Å². The highest BCUT2D eigenvalue weighted by Gasteiger charge is 2.53. The Morgan fingerprint density at radius 3 is 1.95 bits per heavy atom. The van der Waals surface area contributed by atoms with Gasteiger partial charge in [0.2, 0.25) is 8.32 Å². The minimum Gasteiger partial charge on any atom is -0.402 e. The fourth-order valence-electron chi connectivity index (χ4n) is 3.79. The van der Waals surface area contributed by atoms with Gasteiger partial charge in [-0.2, -0.15) is 0 Å². The third-order valence-electron chi connectivity index (χ3n) is 4.76. The highest BCUT2D eigenvalue weighted by atomic mass is 28.4. The lowest BCUT2D eigenvalue weighted by molar-refractivity contribution is -0.141. The van der Waals surface area contributed by atoms with Gasteiger partial charge in [0.1, 0.15) is 6.04 Å². The van der Waals surface area contributed by atoms with Crippen molar-refractivity contribution < 1.29 is 9.22 Å². The molecule has 22 heavy (non-hydrogen) atoms. The van der Waals surface area contributed by atoms with E-state index in [-0.39, 0.29) is 11.9 Å². The van der Waals surface area contributed by atoms with E-state index < -0.39 is 14.4 Å². The molecule has 1 aromatic heterocycles. The standard InChI is InChI=1S/C16H27N3O2Si/c1-10(2)22(11(3)4,12(5)6)21-14-13(19-16(14)20)15-17-8-7-9-18-15/h7-14H,1-6H3,(H,19,20)/t13-,14-/m0/s1. The number of nitrogens with one attached hydrogen (secondary N) is 1. The van der Waals surface area contributed by atoms with Crippen LogP contribution < -0.4 is 5.32 Å². The Hall–Kier alpha value is -1.27. The van der Waals surface area contributed by atoms with Crippen LogP contribution in [0.5, 0.6) is 0 Å². The first-order chi connectivity index (χ1) is 10.3. The summed E-state index contributed by atoms with van der Waals surface area (Å²) in [7, 11) is -2.09. The number of hydrogen-bond acceptors (Lipinski definition) is 4. The second kappa shape index (κ2) is 6.46. The Kier molecular flexibility index (Phi) is 5.02. The molecule has 2 heterocycles. The molecule has 1 saturated heterocycles. The molecule has 6 heteroatoms.